The highest BCUT2D eigenvalue weighted by Crippen LogP contribution is 2.23. The van der Waals surface area contributed by atoms with Crippen molar-refractivity contribution in [3.63, 3.8) is 0 Å². The number of aromatic nitrogens is 1. The summed E-state index contributed by atoms with van der Waals surface area (Å²) in [6.07, 6.45) is 3.76. The first-order valence-corrected chi connectivity index (χ1v) is 6.85. The van der Waals surface area contributed by atoms with E-state index in [0.717, 1.165) is 11.0 Å². The molecule has 0 fully saturated rings. The molecule has 1 heterocycles. The van der Waals surface area contributed by atoms with Crippen LogP contribution in [0.15, 0.2) is 47.2 Å². The minimum atomic E-state index is 0.306. The number of nitrogens with one attached hydrogen (secondary N) is 1. The largest absolute Gasteiger partial charge is 0.306 e. The van der Waals surface area contributed by atoms with Gasteiger partial charge in [0.2, 0.25) is 0 Å². The van der Waals surface area contributed by atoms with Gasteiger partial charge in [-0.3, -0.25) is 4.98 Å². The summed E-state index contributed by atoms with van der Waals surface area (Å²) in [4.78, 5) is 4.16. The predicted octanol–water partition coefficient (Wildman–Crippen LogP) is 4.00. The van der Waals surface area contributed by atoms with E-state index in [2.05, 4.69) is 58.3 Å². The van der Waals surface area contributed by atoms with Gasteiger partial charge >= 0.3 is 0 Å². The van der Waals surface area contributed by atoms with E-state index in [0.29, 0.717) is 6.04 Å². The zero-order valence-electron chi connectivity index (χ0n) is 10.7. The Morgan fingerprint density at radius 1 is 1.28 bits per heavy atom. The van der Waals surface area contributed by atoms with Gasteiger partial charge in [-0.2, -0.15) is 0 Å². The number of benzene rings is 1. The number of nitrogens with zero attached hydrogens (tertiary/aromatic N) is 1. The second-order valence-corrected chi connectivity index (χ2v) is 5.28. The van der Waals surface area contributed by atoms with Gasteiger partial charge in [0.05, 0.1) is 0 Å². The molecule has 94 valence electrons. The van der Waals surface area contributed by atoms with Crippen molar-refractivity contribution in [1.29, 1.82) is 0 Å². The fourth-order valence-electron chi connectivity index (χ4n) is 1.88. The Bertz CT molecular complexity index is 525. The smallest absolute Gasteiger partial charge is 0.0315 e. The van der Waals surface area contributed by atoms with Gasteiger partial charge in [0.25, 0.3) is 0 Å². The highest BCUT2D eigenvalue weighted by Gasteiger charge is 2.08. The summed E-state index contributed by atoms with van der Waals surface area (Å²) in [5.74, 6) is 0. The van der Waals surface area contributed by atoms with E-state index in [1.807, 2.05) is 24.5 Å². The molecule has 3 heteroatoms. The number of rotatable bonds is 4. The standard InChI is InChI=1S/C15H17BrN2/c1-11-7-8-17-9-13(11)10-18-12(2)14-5-3-4-6-15(14)16/h3-9,12,18H,10H2,1-2H3/t12-/m0/s1. The molecule has 0 unspecified atom stereocenters. The molecule has 0 saturated heterocycles. The first-order chi connectivity index (χ1) is 8.68. The van der Waals surface area contributed by atoms with Gasteiger partial charge in [-0.15, -0.1) is 0 Å². The third-order valence-electron chi connectivity index (χ3n) is 3.12. The molecule has 1 atom stereocenters. The number of hydrogen-bond acceptors (Lipinski definition) is 2. The predicted molar refractivity (Wildman–Crippen MR) is 78.4 cm³/mol. The van der Waals surface area contributed by atoms with Crippen LogP contribution in [0.3, 0.4) is 0 Å². The summed E-state index contributed by atoms with van der Waals surface area (Å²) in [7, 11) is 0. The molecule has 0 aliphatic carbocycles. The third kappa shape index (κ3) is 3.18. The summed E-state index contributed by atoms with van der Waals surface area (Å²) in [6.45, 7) is 5.12. The van der Waals surface area contributed by atoms with Crippen molar-refractivity contribution in [2.75, 3.05) is 0 Å². The topological polar surface area (TPSA) is 24.9 Å². The zero-order chi connectivity index (χ0) is 13.0. The van der Waals surface area contributed by atoms with Gasteiger partial charge in [-0.25, -0.2) is 0 Å². The molecule has 0 aliphatic rings. The molecule has 1 aromatic carbocycles. The second kappa shape index (κ2) is 6.12. The monoisotopic (exact) mass is 304 g/mol. The van der Waals surface area contributed by atoms with E-state index in [-0.39, 0.29) is 0 Å². The molecule has 1 N–H and O–H groups in total. The average Bonchev–Trinajstić information content (AvgIpc) is 2.38. The molecular weight excluding hydrogens is 288 g/mol. The fourth-order valence-corrected chi connectivity index (χ4v) is 2.51. The van der Waals surface area contributed by atoms with Crippen molar-refractivity contribution in [2.45, 2.75) is 26.4 Å². The Balaban J connectivity index is 2.03. The van der Waals surface area contributed by atoms with Gasteiger partial charge in [0, 0.05) is 29.5 Å². The lowest BCUT2D eigenvalue weighted by Gasteiger charge is -2.16. The van der Waals surface area contributed by atoms with Crippen LogP contribution in [0, 0.1) is 6.92 Å². The van der Waals surface area contributed by atoms with E-state index >= 15 is 0 Å². The maximum Gasteiger partial charge on any atom is 0.0315 e. The fraction of sp³-hybridized carbons (Fsp3) is 0.267. The zero-order valence-corrected chi connectivity index (χ0v) is 12.2. The first kappa shape index (κ1) is 13.2. The summed E-state index contributed by atoms with van der Waals surface area (Å²) in [5, 5.41) is 3.53. The van der Waals surface area contributed by atoms with Crippen LogP contribution in [0.2, 0.25) is 0 Å². The lowest BCUT2D eigenvalue weighted by Crippen LogP contribution is -2.19. The molecule has 18 heavy (non-hydrogen) atoms. The molecule has 2 aromatic rings. The number of hydrogen-bond donors (Lipinski definition) is 1. The van der Waals surface area contributed by atoms with Gasteiger partial charge in [-0.05, 0) is 42.7 Å². The van der Waals surface area contributed by atoms with Crippen molar-refractivity contribution in [1.82, 2.24) is 10.3 Å². The minimum Gasteiger partial charge on any atom is -0.306 e. The van der Waals surface area contributed by atoms with Crippen LogP contribution >= 0.6 is 15.9 Å². The van der Waals surface area contributed by atoms with E-state index < -0.39 is 0 Å². The molecule has 1 aromatic heterocycles. The number of halogens is 1. The highest BCUT2D eigenvalue weighted by atomic mass is 79.9. The second-order valence-electron chi connectivity index (χ2n) is 4.43. The van der Waals surface area contributed by atoms with Crippen LogP contribution in [0.4, 0.5) is 0 Å². The van der Waals surface area contributed by atoms with Crippen LogP contribution in [-0.4, -0.2) is 4.98 Å². The van der Waals surface area contributed by atoms with Crippen molar-refractivity contribution >= 4 is 15.9 Å². The highest BCUT2D eigenvalue weighted by molar-refractivity contribution is 9.10. The van der Waals surface area contributed by atoms with E-state index in [9.17, 15) is 0 Å². The molecular formula is C15H17BrN2. The number of aryl methyl sites for hydroxylation is 1. The van der Waals surface area contributed by atoms with Crippen LogP contribution in [0.1, 0.15) is 29.7 Å². The summed E-state index contributed by atoms with van der Waals surface area (Å²) < 4.78 is 1.15. The van der Waals surface area contributed by atoms with Crippen LogP contribution in [0.25, 0.3) is 0 Å². The van der Waals surface area contributed by atoms with Crippen LogP contribution < -0.4 is 5.32 Å². The Kier molecular flexibility index (Phi) is 4.50. The summed E-state index contributed by atoms with van der Waals surface area (Å²) in [5.41, 5.74) is 3.80. The van der Waals surface area contributed by atoms with Gasteiger partial charge in [-0.1, -0.05) is 34.1 Å². The number of pyridine rings is 1. The third-order valence-corrected chi connectivity index (χ3v) is 3.84. The van der Waals surface area contributed by atoms with Crippen LogP contribution in [-0.2, 0) is 6.54 Å². The van der Waals surface area contributed by atoms with Crippen molar-refractivity contribution in [2.24, 2.45) is 0 Å². The van der Waals surface area contributed by atoms with E-state index in [4.69, 9.17) is 0 Å². The minimum absolute atomic E-state index is 0.306. The van der Waals surface area contributed by atoms with Crippen LogP contribution in [0.5, 0.6) is 0 Å². The Labute approximate surface area is 117 Å². The summed E-state index contributed by atoms with van der Waals surface area (Å²) in [6, 6.07) is 10.7. The quantitative estimate of drug-likeness (QED) is 0.923. The molecule has 2 rings (SSSR count). The lowest BCUT2D eigenvalue weighted by atomic mass is 10.1. The average molecular weight is 305 g/mol. The molecule has 2 nitrogen and oxygen atoms in total. The molecule has 0 aliphatic heterocycles. The summed E-state index contributed by atoms with van der Waals surface area (Å²) >= 11 is 3.59. The Hall–Kier alpha value is -1.19. The molecule has 0 saturated carbocycles. The van der Waals surface area contributed by atoms with Crippen molar-refractivity contribution in [3.8, 4) is 0 Å². The molecule has 0 amide bonds. The Morgan fingerprint density at radius 3 is 2.78 bits per heavy atom. The van der Waals surface area contributed by atoms with Crippen molar-refractivity contribution in [3.05, 3.63) is 63.9 Å². The SMILES string of the molecule is Cc1ccncc1CN[C@@H](C)c1ccccc1Br. The first-order valence-electron chi connectivity index (χ1n) is 6.06. The van der Waals surface area contributed by atoms with Gasteiger partial charge in [0.1, 0.15) is 0 Å². The van der Waals surface area contributed by atoms with E-state index in [1.165, 1.54) is 16.7 Å². The normalized spacial score (nSPS) is 12.4. The van der Waals surface area contributed by atoms with Crippen molar-refractivity contribution < 1.29 is 0 Å². The molecule has 0 spiro atoms. The maximum atomic E-state index is 4.16. The molecule has 0 bridgehead atoms. The lowest BCUT2D eigenvalue weighted by molar-refractivity contribution is 0.570. The van der Waals surface area contributed by atoms with Gasteiger partial charge in [0.15, 0.2) is 0 Å². The van der Waals surface area contributed by atoms with E-state index in [1.54, 1.807) is 0 Å². The Morgan fingerprint density at radius 2 is 2.06 bits per heavy atom. The molecule has 0 radical (unpaired) electrons. The van der Waals surface area contributed by atoms with Gasteiger partial charge < -0.3 is 5.32 Å². The maximum absolute atomic E-state index is 4.16.